The molecule has 1 N–H and O–H groups in total. The van der Waals surface area contributed by atoms with Crippen LogP contribution in [0.2, 0.25) is 0 Å². The van der Waals surface area contributed by atoms with Crippen molar-refractivity contribution in [3.05, 3.63) is 60.4 Å². The van der Waals surface area contributed by atoms with Gasteiger partial charge in [-0.25, -0.2) is 0 Å². The van der Waals surface area contributed by atoms with Crippen molar-refractivity contribution in [3.63, 3.8) is 0 Å². The minimum Gasteiger partial charge on any atom is -0.387 e. The molecule has 1 nitrogen and oxygen atoms in total. The molecule has 15 heavy (non-hydrogen) atoms. The monoisotopic (exact) mass is 201 g/mol. The molecular formula is C14H19N. The summed E-state index contributed by atoms with van der Waals surface area (Å²) in [5.41, 5.74) is 3.88. The van der Waals surface area contributed by atoms with Crippen molar-refractivity contribution in [2.75, 3.05) is 6.54 Å². The molecule has 1 aliphatic heterocycles. The average molecular weight is 201 g/mol. The second-order valence-corrected chi connectivity index (χ2v) is 3.88. The molecule has 1 rings (SSSR count). The lowest BCUT2D eigenvalue weighted by Gasteiger charge is -2.23. The lowest BCUT2D eigenvalue weighted by molar-refractivity contribution is 0.741. The van der Waals surface area contributed by atoms with Crippen molar-refractivity contribution in [3.8, 4) is 0 Å². The summed E-state index contributed by atoms with van der Waals surface area (Å²) in [5, 5.41) is 3.29. The lowest BCUT2D eigenvalue weighted by atomic mass is 9.88. The highest BCUT2D eigenvalue weighted by Crippen LogP contribution is 2.27. The first-order valence-corrected chi connectivity index (χ1v) is 5.29. The van der Waals surface area contributed by atoms with E-state index >= 15 is 0 Å². The van der Waals surface area contributed by atoms with E-state index in [2.05, 4.69) is 50.7 Å². The van der Waals surface area contributed by atoms with Gasteiger partial charge in [0.05, 0.1) is 0 Å². The first-order chi connectivity index (χ1) is 7.20. The summed E-state index contributed by atoms with van der Waals surface area (Å²) in [5.74, 6) is 0.511. The molecule has 80 valence electrons. The van der Waals surface area contributed by atoms with Crippen LogP contribution in [0, 0.1) is 5.92 Å². The zero-order valence-corrected chi connectivity index (χ0v) is 9.59. The summed E-state index contributed by atoms with van der Waals surface area (Å²) < 4.78 is 0. The Morgan fingerprint density at radius 2 is 1.93 bits per heavy atom. The van der Waals surface area contributed by atoms with E-state index in [1.54, 1.807) is 0 Å². The van der Waals surface area contributed by atoms with Crippen LogP contribution in [0.4, 0.5) is 0 Å². The van der Waals surface area contributed by atoms with Crippen LogP contribution in [0.3, 0.4) is 0 Å². The van der Waals surface area contributed by atoms with Gasteiger partial charge in [0.25, 0.3) is 0 Å². The van der Waals surface area contributed by atoms with Crippen LogP contribution in [0.25, 0.3) is 0 Å². The molecule has 0 bridgehead atoms. The Hall–Kier alpha value is -1.50. The van der Waals surface area contributed by atoms with Crippen LogP contribution in [-0.4, -0.2) is 6.54 Å². The lowest BCUT2D eigenvalue weighted by Crippen LogP contribution is -2.21. The second-order valence-electron chi connectivity index (χ2n) is 3.88. The van der Waals surface area contributed by atoms with E-state index in [1.165, 1.54) is 16.7 Å². The van der Waals surface area contributed by atoms with E-state index in [9.17, 15) is 0 Å². The van der Waals surface area contributed by atoms with Crippen molar-refractivity contribution in [1.29, 1.82) is 0 Å². The Bertz CT molecular complexity index is 340. The van der Waals surface area contributed by atoms with E-state index < -0.39 is 0 Å². The average Bonchev–Trinajstić information content (AvgIpc) is 2.21. The van der Waals surface area contributed by atoms with Crippen molar-refractivity contribution in [2.24, 2.45) is 5.92 Å². The van der Waals surface area contributed by atoms with Gasteiger partial charge in [-0.3, -0.25) is 0 Å². The van der Waals surface area contributed by atoms with Gasteiger partial charge >= 0.3 is 0 Å². The Morgan fingerprint density at radius 1 is 1.27 bits per heavy atom. The minimum absolute atomic E-state index is 0.511. The van der Waals surface area contributed by atoms with Crippen LogP contribution in [0.5, 0.6) is 0 Å². The van der Waals surface area contributed by atoms with E-state index in [0.717, 1.165) is 6.54 Å². The fourth-order valence-corrected chi connectivity index (χ4v) is 1.72. The molecule has 0 radical (unpaired) electrons. The third kappa shape index (κ3) is 2.72. The first-order valence-electron chi connectivity index (χ1n) is 5.29. The molecule has 0 aromatic heterocycles. The maximum Gasteiger partial charge on any atom is 0.0401 e. The highest BCUT2D eigenvalue weighted by Gasteiger charge is 2.16. The summed E-state index contributed by atoms with van der Waals surface area (Å²) in [6.07, 6.45) is 9.89. The Morgan fingerprint density at radius 3 is 2.47 bits per heavy atom. The number of hydrogen-bond donors (Lipinski definition) is 1. The van der Waals surface area contributed by atoms with E-state index in [0.29, 0.717) is 5.92 Å². The topological polar surface area (TPSA) is 12.0 Å². The molecular weight excluding hydrogens is 182 g/mol. The quantitative estimate of drug-likeness (QED) is 0.738. The second kappa shape index (κ2) is 5.40. The Balaban J connectivity index is 3.14. The fraction of sp³-hybridized carbons (Fsp3) is 0.286. The highest BCUT2D eigenvalue weighted by atomic mass is 14.8. The standard InChI is InChI=1S/C14H19N/c1-5-7-12-9-15-10-14(11(3)4)13(12)8-6-2/h5-8,10-11,15H,1-2,9H2,3-4H3/b12-7-,13-8+. The molecule has 0 atom stereocenters. The molecule has 0 spiro atoms. The van der Waals surface area contributed by atoms with Gasteiger partial charge in [-0.1, -0.05) is 51.3 Å². The molecule has 1 heteroatoms. The van der Waals surface area contributed by atoms with Crippen LogP contribution in [0.15, 0.2) is 60.4 Å². The summed E-state index contributed by atoms with van der Waals surface area (Å²) in [6, 6.07) is 0. The summed E-state index contributed by atoms with van der Waals surface area (Å²) in [6.45, 7) is 12.8. The first kappa shape index (κ1) is 11.6. The SMILES string of the molecule is C=C/C=C1/CNC=C(C(C)C)/C1=C/C=C. The van der Waals surface area contributed by atoms with Crippen molar-refractivity contribution < 1.29 is 0 Å². The van der Waals surface area contributed by atoms with Gasteiger partial charge < -0.3 is 5.32 Å². The van der Waals surface area contributed by atoms with Gasteiger partial charge in [-0.2, -0.15) is 0 Å². The maximum absolute atomic E-state index is 3.77. The summed E-state index contributed by atoms with van der Waals surface area (Å²) >= 11 is 0. The molecule has 0 aliphatic carbocycles. The molecule has 1 heterocycles. The Kier molecular flexibility index (Phi) is 4.17. The van der Waals surface area contributed by atoms with Crippen molar-refractivity contribution >= 4 is 0 Å². The van der Waals surface area contributed by atoms with Crippen LogP contribution < -0.4 is 5.32 Å². The number of hydrogen-bond acceptors (Lipinski definition) is 1. The van der Waals surface area contributed by atoms with Gasteiger partial charge in [0.15, 0.2) is 0 Å². The predicted octanol–water partition coefficient (Wildman–Crippen LogP) is 3.35. The molecule has 0 saturated heterocycles. The largest absolute Gasteiger partial charge is 0.387 e. The van der Waals surface area contributed by atoms with Gasteiger partial charge in [-0.05, 0) is 22.6 Å². The molecule has 0 aromatic rings. The van der Waals surface area contributed by atoms with Crippen LogP contribution in [0.1, 0.15) is 13.8 Å². The molecule has 0 saturated carbocycles. The molecule has 0 fully saturated rings. The van der Waals surface area contributed by atoms with Gasteiger partial charge in [-0.15, -0.1) is 0 Å². The summed E-state index contributed by atoms with van der Waals surface area (Å²) in [7, 11) is 0. The Labute approximate surface area is 92.6 Å². The van der Waals surface area contributed by atoms with Crippen LogP contribution in [-0.2, 0) is 0 Å². The van der Waals surface area contributed by atoms with E-state index in [4.69, 9.17) is 0 Å². The normalized spacial score (nSPS) is 21.4. The molecule has 0 aromatic carbocycles. The van der Waals surface area contributed by atoms with Gasteiger partial charge in [0, 0.05) is 12.7 Å². The zero-order valence-electron chi connectivity index (χ0n) is 9.59. The number of nitrogens with one attached hydrogen (secondary N) is 1. The third-order valence-corrected chi connectivity index (χ3v) is 2.43. The van der Waals surface area contributed by atoms with Gasteiger partial charge in [0.2, 0.25) is 0 Å². The highest BCUT2D eigenvalue weighted by molar-refractivity contribution is 5.52. The van der Waals surface area contributed by atoms with E-state index in [-0.39, 0.29) is 0 Å². The number of rotatable bonds is 3. The third-order valence-electron chi connectivity index (χ3n) is 2.43. The smallest absolute Gasteiger partial charge is 0.0401 e. The molecule has 0 amide bonds. The van der Waals surface area contributed by atoms with E-state index in [1.807, 2.05) is 12.2 Å². The van der Waals surface area contributed by atoms with Crippen molar-refractivity contribution in [1.82, 2.24) is 5.32 Å². The predicted molar refractivity (Wildman–Crippen MR) is 67.5 cm³/mol. The fourth-order valence-electron chi connectivity index (χ4n) is 1.72. The van der Waals surface area contributed by atoms with Crippen molar-refractivity contribution in [2.45, 2.75) is 13.8 Å². The molecule has 1 aliphatic rings. The maximum atomic E-state index is 3.77. The zero-order chi connectivity index (χ0) is 11.3. The molecule has 0 unspecified atom stereocenters. The minimum atomic E-state index is 0.511. The van der Waals surface area contributed by atoms with Crippen LogP contribution >= 0.6 is 0 Å². The van der Waals surface area contributed by atoms with Gasteiger partial charge in [0.1, 0.15) is 0 Å². The number of allylic oxidation sites excluding steroid dienone is 5. The summed E-state index contributed by atoms with van der Waals surface area (Å²) in [4.78, 5) is 0.